The summed E-state index contributed by atoms with van der Waals surface area (Å²) >= 11 is 12.2. The van der Waals surface area contributed by atoms with Crippen molar-refractivity contribution >= 4 is 39.8 Å². The van der Waals surface area contributed by atoms with Gasteiger partial charge in [-0.15, -0.1) is 10.2 Å². The predicted molar refractivity (Wildman–Crippen MR) is 102 cm³/mol. The highest BCUT2D eigenvalue weighted by atomic mass is 35.5. The van der Waals surface area contributed by atoms with Crippen LogP contribution < -0.4 is 4.90 Å². The van der Waals surface area contributed by atoms with Gasteiger partial charge in [0.25, 0.3) is 0 Å². The zero-order valence-electron chi connectivity index (χ0n) is 13.7. The van der Waals surface area contributed by atoms with Gasteiger partial charge in [0.2, 0.25) is 0 Å². The van der Waals surface area contributed by atoms with E-state index in [0.717, 1.165) is 22.0 Å². The monoisotopic (exact) mass is 384 g/mol. The third-order valence-corrected chi connectivity index (χ3v) is 5.28. The molecule has 0 amide bonds. The minimum Gasteiger partial charge on any atom is -0.385 e. The molecular formula is C19H14Cl2N4O. The summed E-state index contributed by atoms with van der Waals surface area (Å²) in [6.45, 7) is 0.733. The lowest BCUT2D eigenvalue weighted by atomic mass is 9.90. The van der Waals surface area contributed by atoms with Gasteiger partial charge < -0.3 is 10.0 Å². The van der Waals surface area contributed by atoms with E-state index in [9.17, 15) is 5.11 Å². The molecule has 2 aromatic carbocycles. The van der Waals surface area contributed by atoms with Gasteiger partial charge in [0.05, 0.1) is 35.6 Å². The first kappa shape index (κ1) is 17.0. The normalized spacial score (nSPS) is 15.5. The number of hydrogen-bond acceptors (Lipinski definition) is 5. The van der Waals surface area contributed by atoms with E-state index in [4.69, 9.17) is 28.5 Å². The zero-order chi connectivity index (χ0) is 18.3. The molecule has 1 aliphatic heterocycles. The van der Waals surface area contributed by atoms with Crippen molar-refractivity contribution in [2.24, 2.45) is 0 Å². The van der Waals surface area contributed by atoms with Crippen LogP contribution in [0.15, 0.2) is 42.5 Å². The number of β-amino-alcohol motifs (C(OH)–C–C–N with tert-alkyl or cyclic N) is 1. The van der Waals surface area contributed by atoms with Gasteiger partial charge >= 0.3 is 0 Å². The fourth-order valence-corrected chi connectivity index (χ4v) is 3.55. The molecule has 1 N–H and O–H groups in total. The second-order valence-electron chi connectivity index (χ2n) is 6.46. The molecule has 0 unspecified atom stereocenters. The number of aliphatic hydroxyl groups is 1. The summed E-state index contributed by atoms with van der Waals surface area (Å²) in [7, 11) is 0. The first-order chi connectivity index (χ1) is 12.5. The Balaban J connectivity index is 1.77. The summed E-state index contributed by atoms with van der Waals surface area (Å²) in [6.07, 6.45) is 0.107. The topological polar surface area (TPSA) is 73.0 Å². The molecule has 7 heteroatoms. The maximum atomic E-state index is 10.3. The SMILES string of the molecule is N#CCC1(O)CN(c2nnc(-c3ccc(Cl)c(Cl)c3)c3ccccc23)C1. The van der Waals surface area contributed by atoms with E-state index in [2.05, 4.69) is 10.2 Å². The molecule has 0 bridgehead atoms. The summed E-state index contributed by atoms with van der Waals surface area (Å²) < 4.78 is 0. The molecule has 4 rings (SSSR count). The standard InChI is InChI=1S/C19H14Cl2N4O/c20-15-6-5-12(9-16(15)21)17-13-3-1-2-4-14(13)18(24-23-17)25-10-19(26,11-25)7-8-22/h1-6,9,26H,7,10-11H2. The van der Waals surface area contributed by atoms with E-state index in [1.807, 2.05) is 41.3 Å². The minimum absolute atomic E-state index is 0.107. The average molecular weight is 385 g/mol. The second-order valence-corrected chi connectivity index (χ2v) is 7.28. The van der Waals surface area contributed by atoms with Crippen molar-refractivity contribution in [3.05, 3.63) is 52.5 Å². The van der Waals surface area contributed by atoms with Crippen LogP contribution in [0.3, 0.4) is 0 Å². The maximum Gasteiger partial charge on any atom is 0.159 e. The van der Waals surface area contributed by atoms with Gasteiger partial charge in [0.15, 0.2) is 5.82 Å². The smallest absolute Gasteiger partial charge is 0.159 e. The molecule has 3 aromatic rings. The van der Waals surface area contributed by atoms with Gasteiger partial charge in [-0.1, -0.05) is 53.5 Å². The summed E-state index contributed by atoms with van der Waals surface area (Å²) in [6, 6.07) is 15.2. The molecule has 0 atom stereocenters. The second kappa shape index (κ2) is 6.40. The Hall–Kier alpha value is -2.39. The molecule has 5 nitrogen and oxygen atoms in total. The fraction of sp³-hybridized carbons (Fsp3) is 0.211. The maximum absolute atomic E-state index is 10.3. The van der Waals surface area contributed by atoms with E-state index in [-0.39, 0.29) is 6.42 Å². The third kappa shape index (κ3) is 2.86. The highest BCUT2D eigenvalue weighted by Crippen LogP contribution is 2.37. The van der Waals surface area contributed by atoms with Crippen LogP contribution in [-0.4, -0.2) is 34.0 Å². The Morgan fingerprint density at radius 1 is 1.08 bits per heavy atom. The van der Waals surface area contributed by atoms with E-state index in [1.165, 1.54) is 0 Å². The number of anilines is 1. The molecule has 0 spiro atoms. The summed E-state index contributed by atoms with van der Waals surface area (Å²) in [5.74, 6) is 0.701. The van der Waals surface area contributed by atoms with Crippen LogP contribution in [0.5, 0.6) is 0 Å². The van der Waals surface area contributed by atoms with Crippen molar-refractivity contribution in [2.45, 2.75) is 12.0 Å². The molecule has 0 aliphatic carbocycles. The molecule has 1 saturated heterocycles. The minimum atomic E-state index is -0.972. The number of aromatic nitrogens is 2. The van der Waals surface area contributed by atoms with Crippen LogP contribution in [0.2, 0.25) is 10.0 Å². The number of halogens is 2. The van der Waals surface area contributed by atoms with Crippen molar-refractivity contribution in [2.75, 3.05) is 18.0 Å². The van der Waals surface area contributed by atoms with Gasteiger partial charge in [-0.3, -0.25) is 0 Å². The molecule has 0 saturated carbocycles. The Morgan fingerprint density at radius 2 is 1.81 bits per heavy atom. The van der Waals surface area contributed by atoms with Gasteiger partial charge in [-0.2, -0.15) is 5.26 Å². The summed E-state index contributed by atoms with van der Waals surface area (Å²) in [5.41, 5.74) is 0.579. The van der Waals surface area contributed by atoms with Crippen molar-refractivity contribution in [1.82, 2.24) is 10.2 Å². The summed E-state index contributed by atoms with van der Waals surface area (Å²) in [4.78, 5) is 1.94. The van der Waals surface area contributed by atoms with Crippen molar-refractivity contribution in [3.8, 4) is 17.3 Å². The van der Waals surface area contributed by atoms with Crippen LogP contribution in [0, 0.1) is 11.3 Å². The molecule has 26 heavy (non-hydrogen) atoms. The lowest BCUT2D eigenvalue weighted by Gasteiger charge is -2.46. The molecule has 0 radical (unpaired) electrons. The number of nitriles is 1. The van der Waals surface area contributed by atoms with Gasteiger partial charge in [-0.25, -0.2) is 0 Å². The van der Waals surface area contributed by atoms with E-state index in [1.54, 1.807) is 12.1 Å². The number of hydrogen-bond donors (Lipinski definition) is 1. The van der Waals surface area contributed by atoms with Crippen LogP contribution in [0.1, 0.15) is 6.42 Å². The quantitative estimate of drug-likeness (QED) is 0.736. The molecular weight excluding hydrogens is 371 g/mol. The zero-order valence-corrected chi connectivity index (χ0v) is 15.2. The lowest BCUT2D eigenvalue weighted by molar-refractivity contribution is 0.0163. The Kier molecular flexibility index (Phi) is 4.20. The highest BCUT2D eigenvalue weighted by Gasteiger charge is 2.42. The molecule has 1 aromatic heterocycles. The number of rotatable bonds is 3. The Labute approximate surface area is 160 Å². The first-order valence-corrected chi connectivity index (χ1v) is 8.81. The van der Waals surface area contributed by atoms with Crippen LogP contribution in [0.4, 0.5) is 5.82 Å². The van der Waals surface area contributed by atoms with Crippen LogP contribution in [0.25, 0.3) is 22.0 Å². The third-order valence-electron chi connectivity index (χ3n) is 4.54. The van der Waals surface area contributed by atoms with E-state index < -0.39 is 5.60 Å². The van der Waals surface area contributed by atoms with Crippen molar-refractivity contribution < 1.29 is 5.11 Å². The average Bonchev–Trinajstić information content (AvgIpc) is 2.61. The van der Waals surface area contributed by atoms with Gasteiger partial charge in [0.1, 0.15) is 11.3 Å². The van der Waals surface area contributed by atoms with Gasteiger partial charge in [-0.05, 0) is 12.1 Å². The fourth-order valence-electron chi connectivity index (χ4n) is 3.25. The number of benzene rings is 2. The Bertz CT molecular complexity index is 1040. The van der Waals surface area contributed by atoms with Crippen LogP contribution in [-0.2, 0) is 0 Å². The number of nitrogens with zero attached hydrogens (tertiary/aromatic N) is 4. The lowest BCUT2D eigenvalue weighted by Crippen LogP contribution is -2.62. The molecule has 1 aliphatic rings. The highest BCUT2D eigenvalue weighted by molar-refractivity contribution is 6.42. The van der Waals surface area contributed by atoms with E-state index in [0.29, 0.717) is 29.0 Å². The van der Waals surface area contributed by atoms with Crippen LogP contribution >= 0.6 is 23.2 Å². The van der Waals surface area contributed by atoms with Gasteiger partial charge in [0, 0.05) is 16.3 Å². The van der Waals surface area contributed by atoms with E-state index >= 15 is 0 Å². The van der Waals surface area contributed by atoms with Crippen molar-refractivity contribution in [3.63, 3.8) is 0 Å². The Morgan fingerprint density at radius 3 is 2.50 bits per heavy atom. The largest absolute Gasteiger partial charge is 0.385 e. The molecule has 2 heterocycles. The molecule has 130 valence electrons. The first-order valence-electron chi connectivity index (χ1n) is 8.06. The van der Waals surface area contributed by atoms with Crippen molar-refractivity contribution in [1.29, 1.82) is 5.26 Å². The molecule has 1 fully saturated rings. The summed E-state index contributed by atoms with van der Waals surface area (Å²) in [5, 5.41) is 30.7. The number of fused-ring (bicyclic) bond motifs is 1. The predicted octanol–water partition coefficient (Wildman–Crippen LogP) is 4.07.